The highest BCUT2D eigenvalue weighted by Crippen LogP contribution is 2.17. The molecule has 1 heterocycles. The Morgan fingerprint density at radius 1 is 1.08 bits per heavy atom. The van der Waals surface area contributed by atoms with Crippen molar-refractivity contribution in [2.24, 2.45) is 0 Å². The topological polar surface area (TPSA) is 62.6 Å². The first kappa shape index (κ1) is 16.9. The smallest absolute Gasteiger partial charge is 0.349 e. The van der Waals surface area contributed by atoms with Gasteiger partial charge in [0.05, 0.1) is 6.04 Å². The molecule has 0 unspecified atom stereocenters. The molecule has 5 heteroatoms. The summed E-state index contributed by atoms with van der Waals surface area (Å²) in [7, 11) is 3.91. The largest absolute Gasteiger partial charge is 0.422 e. The van der Waals surface area contributed by atoms with Gasteiger partial charge >= 0.3 is 5.63 Å². The third kappa shape index (κ3) is 3.78. The number of likely N-dealkylation sites (N-methyl/N-ethyl adjacent to an activating group) is 1. The highest BCUT2D eigenvalue weighted by molar-refractivity contribution is 5.96. The first-order chi connectivity index (χ1) is 12.1. The van der Waals surface area contributed by atoms with Gasteiger partial charge in [-0.3, -0.25) is 4.79 Å². The molecule has 0 bridgehead atoms. The van der Waals surface area contributed by atoms with Gasteiger partial charge in [-0.05, 0) is 31.8 Å². The Hall–Kier alpha value is -2.92. The summed E-state index contributed by atoms with van der Waals surface area (Å²) < 4.78 is 5.23. The number of carbonyl (C=O) groups excluding carboxylic acids is 1. The molecule has 0 saturated carbocycles. The van der Waals surface area contributed by atoms with Crippen molar-refractivity contribution in [1.29, 1.82) is 0 Å². The van der Waals surface area contributed by atoms with Crippen molar-refractivity contribution < 1.29 is 9.21 Å². The van der Waals surface area contributed by atoms with E-state index in [4.69, 9.17) is 4.42 Å². The van der Waals surface area contributed by atoms with Gasteiger partial charge in [-0.15, -0.1) is 0 Å². The van der Waals surface area contributed by atoms with Crippen molar-refractivity contribution >= 4 is 16.9 Å². The van der Waals surface area contributed by atoms with Crippen LogP contribution in [0.25, 0.3) is 11.0 Å². The molecule has 0 spiro atoms. The van der Waals surface area contributed by atoms with E-state index < -0.39 is 11.5 Å². The third-order valence-electron chi connectivity index (χ3n) is 4.15. The number of rotatable bonds is 5. The predicted molar refractivity (Wildman–Crippen MR) is 97.7 cm³/mol. The monoisotopic (exact) mass is 336 g/mol. The summed E-state index contributed by atoms with van der Waals surface area (Å²) in [6.07, 6.45) is 0. The molecule has 0 saturated heterocycles. The number of nitrogens with zero attached hydrogens (tertiary/aromatic N) is 1. The lowest BCUT2D eigenvalue weighted by Crippen LogP contribution is -2.36. The van der Waals surface area contributed by atoms with E-state index in [0.29, 0.717) is 12.1 Å². The molecule has 1 amide bonds. The van der Waals surface area contributed by atoms with Crippen molar-refractivity contribution in [2.75, 3.05) is 20.6 Å². The van der Waals surface area contributed by atoms with E-state index in [1.807, 2.05) is 61.5 Å². The normalized spacial score (nSPS) is 12.3. The van der Waals surface area contributed by atoms with Crippen molar-refractivity contribution in [2.45, 2.75) is 6.04 Å². The number of fused-ring (bicyclic) bond motifs is 1. The zero-order valence-electron chi connectivity index (χ0n) is 14.2. The minimum atomic E-state index is -0.627. The second-order valence-corrected chi connectivity index (χ2v) is 6.09. The summed E-state index contributed by atoms with van der Waals surface area (Å²) in [5, 5.41) is 3.57. The molecule has 25 heavy (non-hydrogen) atoms. The van der Waals surface area contributed by atoms with E-state index in [0.717, 1.165) is 10.9 Å². The van der Waals surface area contributed by atoms with Crippen LogP contribution in [0.15, 0.2) is 69.9 Å². The van der Waals surface area contributed by atoms with Crippen LogP contribution in [-0.2, 0) is 0 Å². The van der Waals surface area contributed by atoms with Gasteiger partial charge in [0.2, 0.25) is 0 Å². The molecule has 2 aromatic carbocycles. The summed E-state index contributed by atoms with van der Waals surface area (Å²) in [5.41, 5.74) is 0.958. The first-order valence-electron chi connectivity index (χ1n) is 8.08. The maximum Gasteiger partial charge on any atom is 0.349 e. The zero-order chi connectivity index (χ0) is 17.8. The highest BCUT2D eigenvalue weighted by Gasteiger charge is 2.18. The minimum Gasteiger partial charge on any atom is -0.422 e. The van der Waals surface area contributed by atoms with E-state index in [9.17, 15) is 9.59 Å². The van der Waals surface area contributed by atoms with Crippen LogP contribution < -0.4 is 10.9 Å². The molecule has 0 aliphatic heterocycles. The summed E-state index contributed by atoms with van der Waals surface area (Å²) >= 11 is 0. The third-order valence-corrected chi connectivity index (χ3v) is 4.15. The van der Waals surface area contributed by atoms with Crippen molar-refractivity contribution in [3.8, 4) is 0 Å². The Balaban J connectivity index is 1.80. The first-order valence-corrected chi connectivity index (χ1v) is 8.08. The molecule has 3 aromatic rings. The van der Waals surface area contributed by atoms with E-state index in [-0.39, 0.29) is 11.6 Å². The maximum atomic E-state index is 12.5. The van der Waals surface area contributed by atoms with Gasteiger partial charge in [-0.2, -0.15) is 0 Å². The summed E-state index contributed by atoms with van der Waals surface area (Å²) in [5.74, 6) is -0.428. The SMILES string of the molecule is CN(C)[C@H](CNC(=O)c1cc2ccccc2oc1=O)c1ccccc1. The van der Waals surface area contributed by atoms with Gasteiger partial charge in [0.25, 0.3) is 5.91 Å². The number of amides is 1. The lowest BCUT2D eigenvalue weighted by Gasteiger charge is -2.25. The summed E-state index contributed by atoms with van der Waals surface area (Å²) in [6, 6.07) is 18.6. The fourth-order valence-corrected chi connectivity index (χ4v) is 2.78. The summed E-state index contributed by atoms with van der Waals surface area (Å²) in [6.45, 7) is 0.391. The molecule has 5 nitrogen and oxygen atoms in total. The molecule has 3 rings (SSSR count). The maximum absolute atomic E-state index is 12.5. The fourth-order valence-electron chi connectivity index (χ4n) is 2.78. The highest BCUT2D eigenvalue weighted by atomic mass is 16.4. The predicted octanol–water partition coefficient (Wildman–Crippen LogP) is 2.83. The molecule has 0 aliphatic rings. The van der Waals surface area contributed by atoms with Gasteiger partial charge in [0.1, 0.15) is 11.1 Å². The molecular weight excluding hydrogens is 316 g/mol. The van der Waals surface area contributed by atoms with Crippen molar-refractivity contribution in [1.82, 2.24) is 10.2 Å². The van der Waals surface area contributed by atoms with Gasteiger partial charge in [0.15, 0.2) is 0 Å². The molecule has 1 aromatic heterocycles. The fraction of sp³-hybridized carbons (Fsp3) is 0.200. The lowest BCUT2D eigenvalue weighted by molar-refractivity contribution is 0.0938. The number of nitrogens with one attached hydrogen (secondary N) is 1. The van der Waals surface area contributed by atoms with E-state index in [2.05, 4.69) is 5.32 Å². The number of benzene rings is 2. The van der Waals surface area contributed by atoms with Gasteiger partial charge < -0.3 is 14.6 Å². The quantitative estimate of drug-likeness (QED) is 0.728. The Morgan fingerprint density at radius 3 is 2.48 bits per heavy atom. The van der Waals surface area contributed by atoms with Crippen LogP contribution >= 0.6 is 0 Å². The lowest BCUT2D eigenvalue weighted by atomic mass is 10.1. The van der Waals surface area contributed by atoms with Crippen molar-refractivity contribution in [3.63, 3.8) is 0 Å². The zero-order valence-corrected chi connectivity index (χ0v) is 14.2. The second kappa shape index (κ2) is 7.32. The molecule has 0 fully saturated rings. The Morgan fingerprint density at radius 2 is 1.76 bits per heavy atom. The number of hydrogen-bond donors (Lipinski definition) is 1. The van der Waals surface area contributed by atoms with Crippen LogP contribution in [0.2, 0.25) is 0 Å². The molecule has 0 aliphatic carbocycles. The standard InChI is InChI=1S/C20H20N2O3/c1-22(2)17(14-8-4-3-5-9-14)13-21-19(23)16-12-15-10-6-7-11-18(15)25-20(16)24/h3-12,17H,13H2,1-2H3,(H,21,23)/t17-/m1/s1. The van der Waals surface area contributed by atoms with Gasteiger partial charge in [-0.25, -0.2) is 4.79 Å². The van der Waals surface area contributed by atoms with Crippen molar-refractivity contribution in [3.05, 3.63) is 82.2 Å². The van der Waals surface area contributed by atoms with Crippen LogP contribution in [0.5, 0.6) is 0 Å². The number of hydrogen-bond acceptors (Lipinski definition) is 4. The average molecular weight is 336 g/mol. The van der Waals surface area contributed by atoms with Crippen LogP contribution in [0.3, 0.4) is 0 Å². The molecule has 0 radical (unpaired) electrons. The van der Waals surface area contributed by atoms with E-state index >= 15 is 0 Å². The molecule has 1 N–H and O–H groups in total. The van der Waals surface area contributed by atoms with Gasteiger partial charge in [0, 0.05) is 11.9 Å². The Kier molecular flexibility index (Phi) is 4.95. The second-order valence-electron chi connectivity index (χ2n) is 6.09. The molecular formula is C20H20N2O3. The molecule has 128 valence electrons. The summed E-state index contributed by atoms with van der Waals surface area (Å²) in [4.78, 5) is 26.6. The number of carbonyl (C=O) groups is 1. The minimum absolute atomic E-state index is 0.0117. The van der Waals surface area contributed by atoms with Crippen LogP contribution in [0.4, 0.5) is 0 Å². The average Bonchev–Trinajstić information content (AvgIpc) is 2.61. The van der Waals surface area contributed by atoms with E-state index in [1.54, 1.807) is 18.2 Å². The Bertz CT molecular complexity index is 932. The number of para-hydroxylation sites is 1. The Labute approximate surface area is 145 Å². The van der Waals surface area contributed by atoms with Crippen LogP contribution in [0.1, 0.15) is 22.0 Å². The van der Waals surface area contributed by atoms with E-state index in [1.165, 1.54) is 0 Å². The van der Waals surface area contributed by atoms with Crippen LogP contribution in [-0.4, -0.2) is 31.4 Å². The van der Waals surface area contributed by atoms with Gasteiger partial charge in [-0.1, -0.05) is 48.5 Å². The van der Waals surface area contributed by atoms with Crippen LogP contribution in [0, 0.1) is 0 Å². The molecule has 1 atom stereocenters.